The van der Waals surface area contributed by atoms with Crippen molar-refractivity contribution < 1.29 is 9.13 Å². The number of methoxy groups -OCH3 is 1. The van der Waals surface area contributed by atoms with E-state index in [0.717, 1.165) is 18.7 Å². The summed E-state index contributed by atoms with van der Waals surface area (Å²) in [4.78, 5) is 2.01. The van der Waals surface area contributed by atoms with Gasteiger partial charge in [0.25, 0.3) is 0 Å². The number of ether oxygens (including phenoxy) is 1. The van der Waals surface area contributed by atoms with Gasteiger partial charge in [0, 0.05) is 19.5 Å². The van der Waals surface area contributed by atoms with Gasteiger partial charge >= 0.3 is 0 Å². The molecule has 0 N–H and O–H groups in total. The van der Waals surface area contributed by atoms with Crippen LogP contribution in [0.1, 0.15) is 6.42 Å². The van der Waals surface area contributed by atoms with Crippen LogP contribution in [0.25, 0.3) is 0 Å². The topological polar surface area (TPSA) is 12.5 Å². The highest BCUT2D eigenvalue weighted by atomic mass is 19.1. The normalized spacial score (nSPS) is 16.1. The Morgan fingerprint density at radius 1 is 1.33 bits per heavy atom. The second kappa shape index (κ2) is 4.34. The lowest BCUT2D eigenvalue weighted by atomic mass is 10.2. The molecule has 0 amide bonds. The Kier molecular flexibility index (Phi) is 2.90. The minimum absolute atomic E-state index is 0.160. The van der Waals surface area contributed by atoms with Gasteiger partial charge in [0.1, 0.15) is 5.82 Å². The Morgan fingerprint density at radius 3 is 2.73 bits per heavy atom. The molecule has 0 aromatic heterocycles. The fraction of sp³-hybridized carbons (Fsp3) is 0.333. The van der Waals surface area contributed by atoms with Crippen molar-refractivity contribution in [2.45, 2.75) is 6.42 Å². The van der Waals surface area contributed by atoms with E-state index in [9.17, 15) is 4.39 Å². The summed E-state index contributed by atoms with van der Waals surface area (Å²) in [5.74, 6) is 0.828. The third kappa shape index (κ3) is 2.12. The summed E-state index contributed by atoms with van der Waals surface area (Å²) in [6, 6.07) is 6.86. The summed E-state index contributed by atoms with van der Waals surface area (Å²) >= 11 is 0. The van der Waals surface area contributed by atoms with E-state index in [1.54, 1.807) is 19.2 Å². The van der Waals surface area contributed by atoms with E-state index < -0.39 is 0 Å². The fourth-order valence-corrected chi connectivity index (χ4v) is 1.76. The van der Waals surface area contributed by atoms with E-state index in [1.807, 2.05) is 17.0 Å². The molecule has 2 nitrogen and oxygen atoms in total. The first-order valence-electron chi connectivity index (χ1n) is 5.04. The van der Waals surface area contributed by atoms with Crippen LogP contribution in [-0.4, -0.2) is 20.2 Å². The van der Waals surface area contributed by atoms with Gasteiger partial charge in [-0.25, -0.2) is 4.39 Å². The molecule has 80 valence electrons. The number of para-hydroxylation sites is 1. The van der Waals surface area contributed by atoms with E-state index in [1.165, 1.54) is 6.07 Å². The van der Waals surface area contributed by atoms with Crippen LogP contribution < -0.4 is 4.90 Å². The first kappa shape index (κ1) is 10.0. The highest BCUT2D eigenvalue weighted by Crippen LogP contribution is 2.22. The first-order chi connectivity index (χ1) is 7.31. The summed E-state index contributed by atoms with van der Waals surface area (Å²) in [6.07, 6.45) is 2.83. The van der Waals surface area contributed by atoms with Crippen molar-refractivity contribution in [1.29, 1.82) is 0 Å². The number of hydrogen-bond acceptors (Lipinski definition) is 2. The molecule has 0 aliphatic carbocycles. The largest absolute Gasteiger partial charge is 0.501 e. The number of halogens is 1. The molecule has 0 atom stereocenters. The predicted molar refractivity (Wildman–Crippen MR) is 58.3 cm³/mol. The van der Waals surface area contributed by atoms with Gasteiger partial charge in [-0.05, 0) is 18.2 Å². The monoisotopic (exact) mass is 207 g/mol. The first-order valence-corrected chi connectivity index (χ1v) is 5.04. The van der Waals surface area contributed by atoms with Crippen molar-refractivity contribution >= 4 is 5.69 Å². The van der Waals surface area contributed by atoms with Gasteiger partial charge in [-0.2, -0.15) is 0 Å². The van der Waals surface area contributed by atoms with Gasteiger partial charge in [-0.1, -0.05) is 12.1 Å². The van der Waals surface area contributed by atoms with Gasteiger partial charge < -0.3 is 9.64 Å². The van der Waals surface area contributed by atoms with Crippen molar-refractivity contribution in [2.75, 3.05) is 25.1 Å². The summed E-state index contributed by atoms with van der Waals surface area (Å²) in [5.41, 5.74) is 0.670. The van der Waals surface area contributed by atoms with Crippen molar-refractivity contribution in [3.63, 3.8) is 0 Å². The number of rotatable bonds is 2. The van der Waals surface area contributed by atoms with Crippen LogP contribution in [0.5, 0.6) is 0 Å². The summed E-state index contributed by atoms with van der Waals surface area (Å²) in [5, 5.41) is 0. The van der Waals surface area contributed by atoms with Crippen molar-refractivity contribution in [3.8, 4) is 0 Å². The smallest absolute Gasteiger partial charge is 0.146 e. The van der Waals surface area contributed by atoms with Gasteiger partial charge in [0.2, 0.25) is 0 Å². The molecule has 1 aliphatic heterocycles. The van der Waals surface area contributed by atoms with Gasteiger partial charge in [-0.3, -0.25) is 0 Å². The Bertz CT molecular complexity index is 376. The Balaban J connectivity index is 2.14. The Morgan fingerprint density at radius 2 is 2.13 bits per heavy atom. The molecule has 0 bridgehead atoms. The fourth-order valence-electron chi connectivity index (χ4n) is 1.76. The highest BCUT2D eigenvalue weighted by molar-refractivity contribution is 5.49. The summed E-state index contributed by atoms with van der Waals surface area (Å²) in [7, 11) is 1.67. The van der Waals surface area contributed by atoms with Crippen molar-refractivity contribution in [2.24, 2.45) is 0 Å². The zero-order chi connectivity index (χ0) is 10.7. The standard InChI is InChI=1S/C12H14FNO/c1-15-10-6-8-14(9-7-10)12-5-3-2-4-11(12)13/h2-6H,7-9H2,1H3. The lowest BCUT2D eigenvalue weighted by molar-refractivity contribution is 0.272. The molecule has 15 heavy (non-hydrogen) atoms. The van der Waals surface area contributed by atoms with E-state index in [4.69, 9.17) is 4.74 Å². The van der Waals surface area contributed by atoms with E-state index in [0.29, 0.717) is 12.2 Å². The number of anilines is 1. The van der Waals surface area contributed by atoms with E-state index >= 15 is 0 Å². The Hall–Kier alpha value is -1.51. The van der Waals surface area contributed by atoms with Crippen LogP contribution >= 0.6 is 0 Å². The van der Waals surface area contributed by atoms with E-state index in [-0.39, 0.29) is 5.82 Å². The lowest BCUT2D eigenvalue weighted by Crippen LogP contribution is -2.29. The van der Waals surface area contributed by atoms with E-state index in [2.05, 4.69) is 0 Å². The molecule has 0 fully saturated rings. The summed E-state index contributed by atoms with van der Waals surface area (Å²) in [6.45, 7) is 1.52. The molecule has 0 radical (unpaired) electrons. The molecular weight excluding hydrogens is 193 g/mol. The second-order valence-corrected chi connectivity index (χ2v) is 3.52. The Labute approximate surface area is 89.0 Å². The molecule has 0 spiro atoms. The molecule has 1 heterocycles. The van der Waals surface area contributed by atoms with Gasteiger partial charge in [0.05, 0.1) is 18.6 Å². The minimum Gasteiger partial charge on any atom is -0.501 e. The molecule has 1 aromatic rings. The van der Waals surface area contributed by atoms with Gasteiger partial charge in [-0.15, -0.1) is 0 Å². The molecule has 2 rings (SSSR count). The average molecular weight is 207 g/mol. The maximum Gasteiger partial charge on any atom is 0.146 e. The van der Waals surface area contributed by atoms with Crippen LogP contribution in [0.4, 0.5) is 10.1 Å². The molecule has 0 saturated carbocycles. The lowest BCUT2D eigenvalue weighted by Gasteiger charge is -2.28. The molecular formula is C12H14FNO. The van der Waals surface area contributed by atoms with Crippen LogP contribution in [0.15, 0.2) is 36.1 Å². The van der Waals surface area contributed by atoms with Crippen LogP contribution in [-0.2, 0) is 4.74 Å². The molecule has 3 heteroatoms. The summed E-state index contributed by atoms with van der Waals surface area (Å²) < 4.78 is 18.6. The zero-order valence-corrected chi connectivity index (χ0v) is 8.74. The van der Waals surface area contributed by atoms with Crippen LogP contribution in [0.2, 0.25) is 0 Å². The highest BCUT2D eigenvalue weighted by Gasteiger charge is 2.14. The average Bonchev–Trinajstić information content (AvgIpc) is 2.30. The van der Waals surface area contributed by atoms with Crippen LogP contribution in [0, 0.1) is 5.82 Å². The minimum atomic E-state index is -0.160. The molecule has 1 aliphatic rings. The van der Waals surface area contributed by atoms with Crippen LogP contribution in [0.3, 0.4) is 0 Å². The second-order valence-electron chi connectivity index (χ2n) is 3.52. The van der Waals surface area contributed by atoms with Gasteiger partial charge in [0.15, 0.2) is 0 Å². The molecule has 0 saturated heterocycles. The molecule has 0 unspecified atom stereocenters. The van der Waals surface area contributed by atoms with Crippen molar-refractivity contribution in [1.82, 2.24) is 0 Å². The maximum absolute atomic E-state index is 13.5. The molecule has 1 aromatic carbocycles. The SMILES string of the molecule is COC1=CCN(c2ccccc2F)CC1. The predicted octanol–water partition coefficient (Wildman–Crippen LogP) is 2.57. The number of benzene rings is 1. The maximum atomic E-state index is 13.5. The number of hydrogen-bond donors (Lipinski definition) is 0. The number of nitrogens with zero attached hydrogens (tertiary/aromatic N) is 1. The third-order valence-corrected chi connectivity index (χ3v) is 2.62. The van der Waals surface area contributed by atoms with Crippen molar-refractivity contribution in [3.05, 3.63) is 41.9 Å². The quantitative estimate of drug-likeness (QED) is 0.739. The zero-order valence-electron chi connectivity index (χ0n) is 8.74. The third-order valence-electron chi connectivity index (χ3n) is 2.62.